The molecular weight excluding hydrogens is 124 g/mol. The van der Waals surface area contributed by atoms with Crippen LogP contribution in [0, 0.1) is 5.41 Å². The monoisotopic (exact) mass is 144 g/mol. The summed E-state index contributed by atoms with van der Waals surface area (Å²) in [5.74, 6) is 0. The first-order valence-corrected chi connectivity index (χ1v) is 4.00. The van der Waals surface area contributed by atoms with Gasteiger partial charge in [0.15, 0.2) is 0 Å². The summed E-state index contributed by atoms with van der Waals surface area (Å²) in [6.07, 6.45) is 2.22. The molecule has 1 atom stereocenters. The van der Waals surface area contributed by atoms with E-state index < -0.39 is 0 Å². The molecule has 0 aromatic rings. The van der Waals surface area contributed by atoms with Crippen LogP contribution < -0.4 is 11.5 Å². The molecule has 0 rings (SSSR count). The van der Waals surface area contributed by atoms with E-state index in [9.17, 15) is 0 Å². The quantitative estimate of drug-likeness (QED) is 0.620. The standard InChI is InChI=1S/C8H20N2/c1-4-5-7(10)8(2,3)6-9/h7H,4-6,9-10H2,1-3H3. The number of rotatable bonds is 4. The SMILES string of the molecule is CCCC(N)C(C)(C)CN. The first-order chi connectivity index (χ1) is 4.54. The van der Waals surface area contributed by atoms with Gasteiger partial charge in [0.2, 0.25) is 0 Å². The Bertz CT molecular complexity index is 89.3. The molecule has 0 fully saturated rings. The van der Waals surface area contributed by atoms with Crippen molar-refractivity contribution in [3.05, 3.63) is 0 Å². The van der Waals surface area contributed by atoms with Crippen molar-refractivity contribution in [3.8, 4) is 0 Å². The molecule has 4 N–H and O–H groups in total. The normalized spacial score (nSPS) is 15.3. The first kappa shape index (κ1) is 9.92. The molecule has 0 spiro atoms. The fourth-order valence-electron chi connectivity index (χ4n) is 0.853. The van der Waals surface area contributed by atoms with E-state index >= 15 is 0 Å². The van der Waals surface area contributed by atoms with Crippen molar-refractivity contribution in [2.75, 3.05) is 6.54 Å². The van der Waals surface area contributed by atoms with E-state index in [1.54, 1.807) is 0 Å². The molecule has 1 unspecified atom stereocenters. The maximum Gasteiger partial charge on any atom is 0.0102 e. The molecule has 0 heterocycles. The van der Waals surface area contributed by atoms with E-state index in [1.807, 2.05) is 0 Å². The van der Waals surface area contributed by atoms with Crippen LogP contribution in [-0.4, -0.2) is 12.6 Å². The molecule has 0 aromatic heterocycles. The zero-order valence-electron chi connectivity index (χ0n) is 7.35. The number of hydrogen-bond acceptors (Lipinski definition) is 2. The van der Waals surface area contributed by atoms with Crippen molar-refractivity contribution < 1.29 is 0 Å². The van der Waals surface area contributed by atoms with Crippen LogP contribution in [0.25, 0.3) is 0 Å². The van der Waals surface area contributed by atoms with Crippen molar-refractivity contribution in [2.45, 2.75) is 39.7 Å². The van der Waals surface area contributed by atoms with E-state index in [4.69, 9.17) is 11.5 Å². The van der Waals surface area contributed by atoms with Gasteiger partial charge in [0.05, 0.1) is 0 Å². The van der Waals surface area contributed by atoms with Crippen LogP contribution in [0.5, 0.6) is 0 Å². The lowest BCUT2D eigenvalue weighted by atomic mass is 9.83. The highest BCUT2D eigenvalue weighted by Gasteiger charge is 2.23. The molecule has 0 saturated heterocycles. The Labute approximate surface area is 64.0 Å². The van der Waals surface area contributed by atoms with E-state index in [1.165, 1.54) is 0 Å². The van der Waals surface area contributed by atoms with E-state index in [-0.39, 0.29) is 11.5 Å². The van der Waals surface area contributed by atoms with Gasteiger partial charge in [-0.1, -0.05) is 27.2 Å². The van der Waals surface area contributed by atoms with Gasteiger partial charge in [-0.25, -0.2) is 0 Å². The Kier molecular flexibility index (Phi) is 3.91. The molecule has 0 amide bonds. The minimum absolute atomic E-state index is 0.107. The van der Waals surface area contributed by atoms with Crippen LogP contribution in [0.4, 0.5) is 0 Å². The summed E-state index contributed by atoms with van der Waals surface area (Å²) < 4.78 is 0. The molecule has 62 valence electrons. The molecule has 0 bridgehead atoms. The van der Waals surface area contributed by atoms with E-state index in [0.717, 1.165) is 12.8 Å². The molecule has 0 aliphatic carbocycles. The number of hydrogen-bond donors (Lipinski definition) is 2. The summed E-state index contributed by atoms with van der Waals surface area (Å²) in [5.41, 5.74) is 11.6. The molecule has 0 radical (unpaired) electrons. The Balaban J connectivity index is 3.78. The van der Waals surface area contributed by atoms with Crippen LogP contribution in [-0.2, 0) is 0 Å². The lowest BCUT2D eigenvalue weighted by molar-refractivity contribution is 0.282. The van der Waals surface area contributed by atoms with Crippen molar-refractivity contribution in [1.29, 1.82) is 0 Å². The Morgan fingerprint density at radius 1 is 1.40 bits per heavy atom. The molecule has 10 heavy (non-hydrogen) atoms. The van der Waals surface area contributed by atoms with Crippen LogP contribution in [0.3, 0.4) is 0 Å². The molecular formula is C8H20N2. The molecule has 0 aliphatic heterocycles. The van der Waals surface area contributed by atoms with Gasteiger partial charge in [-0.2, -0.15) is 0 Å². The summed E-state index contributed by atoms with van der Waals surface area (Å²) in [7, 11) is 0. The fraction of sp³-hybridized carbons (Fsp3) is 1.00. The first-order valence-electron chi connectivity index (χ1n) is 4.00. The highest BCUT2D eigenvalue weighted by atomic mass is 14.7. The van der Waals surface area contributed by atoms with Crippen molar-refractivity contribution in [3.63, 3.8) is 0 Å². The smallest absolute Gasteiger partial charge is 0.0102 e. The van der Waals surface area contributed by atoms with Gasteiger partial charge in [-0.05, 0) is 18.4 Å². The molecule has 0 aliphatic rings. The van der Waals surface area contributed by atoms with Crippen LogP contribution in [0.15, 0.2) is 0 Å². The van der Waals surface area contributed by atoms with Gasteiger partial charge in [-0.3, -0.25) is 0 Å². The third-order valence-corrected chi connectivity index (χ3v) is 2.13. The summed E-state index contributed by atoms with van der Waals surface area (Å²) >= 11 is 0. The predicted octanol–water partition coefficient (Wildman–Crippen LogP) is 1.10. The zero-order valence-corrected chi connectivity index (χ0v) is 7.35. The summed E-state index contributed by atoms with van der Waals surface area (Å²) in [4.78, 5) is 0. The third kappa shape index (κ3) is 2.67. The zero-order chi connectivity index (χ0) is 8.20. The average molecular weight is 144 g/mol. The van der Waals surface area contributed by atoms with Crippen LogP contribution in [0.2, 0.25) is 0 Å². The van der Waals surface area contributed by atoms with Crippen molar-refractivity contribution >= 4 is 0 Å². The van der Waals surface area contributed by atoms with Crippen LogP contribution >= 0.6 is 0 Å². The highest BCUT2D eigenvalue weighted by molar-refractivity contribution is 4.81. The second-order valence-electron chi connectivity index (χ2n) is 3.59. The van der Waals surface area contributed by atoms with Crippen molar-refractivity contribution in [1.82, 2.24) is 0 Å². The summed E-state index contributed by atoms with van der Waals surface area (Å²) in [5, 5.41) is 0. The molecule has 2 nitrogen and oxygen atoms in total. The fourth-order valence-corrected chi connectivity index (χ4v) is 0.853. The maximum absolute atomic E-state index is 5.89. The van der Waals surface area contributed by atoms with Gasteiger partial charge in [0, 0.05) is 6.04 Å². The third-order valence-electron chi connectivity index (χ3n) is 2.13. The van der Waals surface area contributed by atoms with Gasteiger partial charge < -0.3 is 11.5 Å². The average Bonchev–Trinajstić information content (AvgIpc) is 1.89. The summed E-state index contributed by atoms with van der Waals surface area (Å²) in [6.45, 7) is 7.06. The van der Waals surface area contributed by atoms with Gasteiger partial charge >= 0.3 is 0 Å². The maximum atomic E-state index is 5.89. The Hall–Kier alpha value is -0.0800. The van der Waals surface area contributed by atoms with Gasteiger partial charge in [-0.15, -0.1) is 0 Å². The van der Waals surface area contributed by atoms with E-state index in [2.05, 4.69) is 20.8 Å². The number of nitrogens with two attached hydrogens (primary N) is 2. The van der Waals surface area contributed by atoms with Gasteiger partial charge in [0.25, 0.3) is 0 Å². The van der Waals surface area contributed by atoms with E-state index in [0.29, 0.717) is 6.54 Å². The lowest BCUT2D eigenvalue weighted by Gasteiger charge is -2.29. The van der Waals surface area contributed by atoms with Gasteiger partial charge in [0.1, 0.15) is 0 Å². The Morgan fingerprint density at radius 3 is 2.20 bits per heavy atom. The molecule has 0 aromatic carbocycles. The molecule has 0 saturated carbocycles. The van der Waals surface area contributed by atoms with Crippen molar-refractivity contribution in [2.24, 2.45) is 16.9 Å². The molecule has 2 heteroatoms. The Morgan fingerprint density at radius 2 is 1.90 bits per heavy atom. The summed E-state index contributed by atoms with van der Waals surface area (Å²) in [6, 6.07) is 0.252. The van der Waals surface area contributed by atoms with Crippen LogP contribution in [0.1, 0.15) is 33.6 Å². The second-order valence-corrected chi connectivity index (χ2v) is 3.59. The second kappa shape index (κ2) is 3.94. The minimum atomic E-state index is 0.107. The lowest BCUT2D eigenvalue weighted by Crippen LogP contribution is -2.42. The topological polar surface area (TPSA) is 52.0 Å². The largest absolute Gasteiger partial charge is 0.330 e. The highest BCUT2D eigenvalue weighted by Crippen LogP contribution is 2.19. The minimum Gasteiger partial charge on any atom is -0.330 e. The predicted molar refractivity (Wildman–Crippen MR) is 45.7 cm³/mol.